The molecule has 2 aliphatic rings. The van der Waals surface area contributed by atoms with Crippen molar-refractivity contribution in [1.29, 1.82) is 0 Å². The number of hydrogen-bond acceptors (Lipinski definition) is 7. The summed E-state index contributed by atoms with van der Waals surface area (Å²) in [5.41, 5.74) is 0.562. The summed E-state index contributed by atoms with van der Waals surface area (Å²) in [7, 11) is 0. The van der Waals surface area contributed by atoms with Crippen LogP contribution in [0.1, 0.15) is 37.0 Å². The van der Waals surface area contributed by atoms with E-state index in [0.717, 1.165) is 10.9 Å². The van der Waals surface area contributed by atoms with Crippen LogP contribution in [0.15, 0.2) is 29.1 Å². The molecule has 0 spiro atoms. The molecule has 1 atom stereocenters. The van der Waals surface area contributed by atoms with Crippen LogP contribution < -0.4 is 10.3 Å². The highest BCUT2D eigenvalue weighted by Gasteiger charge is 2.48. The molecule has 0 amide bonds. The van der Waals surface area contributed by atoms with Gasteiger partial charge in [0.15, 0.2) is 11.4 Å². The molecule has 2 aliphatic heterocycles. The Balaban J connectivity index is 1.88. The highest BCUT2D eigenvalue weighted by Crippen LogP contribution is 2.46. The van der Waals surface area contributed by atoms with E-state index in [-0.39, 0.29) is 54.4 Å². The maximum Gasteiger partial charge on any atom is 0.343 e. The van der Waals surface area contributed by atoms with Gasteiger partial charge in [0.25, 0.3) is 5.56 Å². The van der Waals surface area contributed by atoms with E-state index < -0.39 is 11.6 Å². The smallest absolute Gasteiger partial charge is 0.343 e. The maximum atomic E-state index is 13.3. The minimum Gasteiger partial charge on any atom is -0.508 e. The Bertz CT molecular complexity index is 1300. The molecule has 0 saturated heterocycles. The van der Waals surface area contributed by atoms with Crippen LogP contribution in [0.2, 0.25) is 0 Å². The number of rotatable bonds is 3. The monoisotopic (exact) mass is 408 g/mol. The van der Waals surface area contributed by atoms with Gasteiger partial charge in [-0.1, -0.05) is 6.92 Å². The number of fused-ring (bicyclic) bond motifs is 5. The fraction of sp³-hybridized carbons (Fsp3) is 0.318. The summed E-state index contributed by atoms with van der Waals surface area (Å²) in [5.74, 6) is -0.369. The molecule has 8 heteroatoms. The number of carbonyl (C=O) groups is 1. The van der Waals surface area contributed by atoms with Crippen molar-refractivity contribution in [3.63, 3.8) is 0 Å². The number of hydrogen-bond donors (Lipinski definition) is 2. The lowest BCUT2D eigenvalue weighted by Gasteiger charge is -2.33. The Labute approximate surface area is 171 Å². The quantitative estimate of drug-likeness (QED) is 0.500. The Hall–Kier alpha value is -3.39. The maximum absolute atomic E-state index is 13.3. The SMILES string of the molecule is CCOc1c2c(c(=O)n3c1-c1nc4ccc(O)cc4cc1C3)COC(=O)[C@]2(O)CC. The van der Waals surface area contributed by atoms with Gasteiger partial charge in [0.1, 0.15) is 18.1 Å². The number of nitrogens with zero attached hydrogens (tertiary/aromatic N) is 2. The number of phenolic OH excluding ortho intramolecular Hbond substituents is 1. The highest BCUT2D eigenvalue weighted by atomic mass is 16.6. The Kier molecular flexibility index (Phi) is 3.91. The molecule has 2 aromatic heterocycles. The first kappa shape index (κ1) is 18.6. The number of ether oxygens (including phenoxy) is 2. The molecule has 0 radical (unpaired) electrons. The van der Waals surface area contributed by atoms with Crippen LogP contribution in [-0.2, 0) is 28.3 Å². The zero-order valence-electron chi connectivity index (χ0n) is 16.6. The number of aliphatic hydroxyl groups is 1. The molecule has 0 bridgehead atoms. The van der Waals surface area contributed by atoms with Gasteiger partial charge < -0.3 is 19.7 Å². The van der Waals surface area contributed by atoms with Crippen LogP contribution in [-0.4, -0.2) is 32.3 Å². The number of benzene rings is 1. The lowest BCUT2D eigenvalue weighted by Crippen LogP contribution is -2.45. The first-order chi connectivity index (χ1) is 14.4. The summed E-state index contributed by atoms with van der Waals surface area (Å²) in [4.78, 5) is 30.5. The van der Waals surface area contributed by atoms with Crippen molar-refractivity contribution in [3.05, 3.63) is 51.3 Å². The predicted molar refractivity (Wildman–Crippen MR) is 107 cm³/mol. The molecule has 0 aliphatic carbocycles. The lowest BCUT2D eigenvalue weighted by molar-refractivity contribution is -0.172. The standard InChI is InChI=1S/C22H20N2O6/c1-3-22(28)16-14(10-30-21(22)27)20(26)24-9-12-7-11-8-13(25)5-6-15(11)23-17(12)18(24)19(16)29-4-2/h5-8,25,28H,3-4,9-10H2,1-2H3/t22-/m0/s1. The van der Waals surface area contributed by atoms with Crippen LogP contribution in [0.25, 0.3) is 22.3 Å². The van der Waals surface area contributed by atoms with Gasteiger partial charge in [-0.25, -0.2) is 9.78 Å². The Morgan fingerprint density at radius 2 is 2.07 bits per heavy atom. The molecular weight excluding hydrogens is 388 g/mol. The van der Waals surface area contributed by atoms with Crippen LogP contribution in [0, 0.1) is 0 Å². The number of aromatic hydroxyl groups is 1. The van der Waals surface area contributed by atoms with E-state index in [1.165, 1.54) is 0 Å². The molecule has 1 aromatic carbocycles. The molecule has 30 heavy (non-hydrogen) atoms. The molecule has 154 valence electrons. The summed E-state index contributed by atoms with van der Waals surface area (Å²) in [6, 6.07) is 6.74. The van der Waals surface area contributed by atoms with Gasteiger partial charge in [-0.2, -0.15) is 0 Å². The number of phenols is 1. The van der Waals surface area contributed by atoms with E-state index in [4.69, 9.17) is 14.5 Å². The minimum absolute atomic E-state index is 0.0408. The van der Waals surface area contributed by atoms with Crippen molar-refractivity contribution in [1.82, 2.24) is 9.55 Å². The van der Waals surface area contributed by atoms with E-state index >= 15 is 0 Å². The topological polar surface area (TPSA) is 111 Å². The fourth-order valence-electron chi connectivity index (χ4n) is 4.38. The van der Waals surface area contributed by atoms with Crippen molar-refractivity contribution in [3.8, 4) is 22.9 Å². The average molecular weight is 408 g/mol. The summed E-state index contributed by atoms with van der Waals surface area (Å²) < 4.78 is 12.6. The van der Waals surface area contributed by atoms with Crippen LogP contribution in [0.5, 0.6) is 11.5 Å². The van der Waals surface area contributed by atoms with E-state index in [0.29, 0.717) is 16.9 Å². The molecule has 0 fully saturated rings. The third-order valence-electron chi connectivity index (χ3n) is 5.85. The zero-order valence-corrected chi connectivity index (χ0v) is 16.6. The van der Waals surface area contributed by atoms with Gasteiger partial charge >= 0.3 is 5.97 Å². The third-order valence-corrected chi connectivity index (χ3v) is 5.85. The van der Waals surface area contributed by atoms with Crippen molar-refractivity contribution in [2.24, 2.45) is 0 Å². The second kappa shape index (κ2) is 6.30. The van der Waals surface area contributed by atoms with Gasteiger partial charge in [0.05, 0.1) is 35.5 Å². The number of esters is 1. The van der Waals surface area contributed by atoms with Gasteiger partial charge in [-0.3, -0.25) is 9.36 Å². The second-order valence-corrected chi connectivity index (χ2v) is 7.52. The lowest BCUT2D eigenvalue weighted by atomic mass is 9.85. The molecule has 8 nitrogen and oxygen atoms in total. The number of pyridine rings is 2. The summed E-state index contributed by atoms with van der Waals surface area (Å²) >= 11 is 0. The Morgan fingerprint density at radius 3 is 2.80 bits per heavy atom. The van der Waals surface area contributed by atoms with Crippen molar-refractivity contribution >= 4 is 16.9 Å². The number of cyclic esters (lactones) is 1. The molecule has 4 heterocycles. The normalized spacial score (nSPS) is 19.2. The zero-order chi connectivity index (χ0) is 21.2. The highest BCUT2D eigenvalue weighted by molar-refractivity contribution is 5.89. The van der Waals surface area contributed by atoms with Crippen LogP contribution >= 0.6 is 0 Å². The van der Waals surface area contributed by atoms with Gasteiger partial charge in [0.2, 0.25) is 0 Å². The van der Waals surface area contributed by atoms with E-state index in [1.807, 2.05) is 6.07 Å². The summed E-state index contributed by atoms with van der Waals surface area (Å²) in [6.07, 6.45) is 0.0408. The molecule has 2 N–H and O–H groups in total. The van der Waals surface area contributed by atoms with E-state index in [1.54, 1.807) is 36.6 Å². The largest absolute Gasteiger partial charge is 0.508 e. The number of aromatic nitrogens is 2. The van der Waals surface area contributed by atoms with E-state index in [9.17, 15) is 19.8 Å². The number of carbonyl (C=O) groups excluding carboxylic acids is 1. The molecule has 3 aromatic rings. The predicted octanol–water partition coefficient (Wildman–Crippen LogP) is 2.18. The minimum atomic E-state index is -1.96. The van der Waals surface area contributed by atoms with Crippen LogP contribution in [0.3, 0.4) is 0 Å². The van der Waals surface area contributed by atoms with Crippen molar-refractivity contribution < 1.29 is 24.5 Å². The Morgan fingerprint density at radius 1 is 1.27 bits per heavy atom. The second-order valence-electron chi connectivity index (χ2n) is 7.52. The van der Waals surface area contributed by atoms with Gasteiger partial charge in [0, 0.05) is 10.9 Å². The molecular formula is C22H20N2O6. The molecule has 5 rings (SSSR count). The van der Waals surface area contributed by atoms with Crippen molar-refractivity contribution in [2.75, 3.05) is 6.61 Å². The fourth-order valence-corrected chi connectivity index (χ4v) is 4.38. The van der Waals surface area contributed by atoms with E-state index in [2.05, 4.69) is 0 Å². The first-order valence-electron chi connectivity index (χ1n) is 9.84. The average Bonchev–Trinajstić information content (AvgIpc) is 3.10. The third kappa shape index (κ3) is 2.34. The van der Waals surface area contributed by atoms with Gasteiger partial charge in [-0.05, 0) is 37.6 Å². The summed E-state index contributed by atoms with van der Waals surface area (Å²) in [6.45, 7) is 3.79. The van der Waals surface area contributed by atoms with Crippen molar-refractivity contribution in [2.45, 2.75) is 39.0 Å². The van der Waals surface area contributed by atoms with Crippen LogP contribution in [0.4, 0.5) is 0 Å². The van der Waals surface area contributed by atoms with Gasteiger partial charge in [-0.15, -0.1) is 0 Å². The molecule has 0 saturated carbocycles. The summed E-state index contributed by atoms with van der Waals surface area (Å²) in [5, 5.41) is 21.7. The molecule has 0 unspecified atom stereocenters. The first-order valence-corrected chi connectivity index (χ1v) is 9.84.